The average molecular weight is 331 g/mol. The molecule has 1 saturated heterocycles. The Morgan fingerprint density at radius 3 is 2.50 bits per heavy atom. The Balaban J connectivity index is 1.64. The zero-order valence-electron chi connectivity index (χ0n) is 13.4. The smallest absolute Gasteiger partial charge is 0.414 e. The van der Waals surface area contributed by atoms with E-state index in [1.54, 1.807) is 29.2 Å². The molecule has 3 amide bonds. The number of hydrogen-bond donors (Lipinski definition) is 2. The molecule has 24 heavy (non-hydrogen) atoms. The van der Waals surface area contributed by atoms with Gasteiger partial charge in [-0.1, -0.05) is 6.42 Å². The van der Waals surface area contributed by atoms with Gasteiger partial charge in [0.25, 0.3) is 0 Å². The number of ether oxygens (including phenoxy) is 1. The van der Waals surface area contributed by atoms with Gasteiger partial charge in [-0.2, -0.15) is 0 Å². The number of primary amides is 1. The van der Waals surface area contributed by atoms with Crippen LogP contribution in [0.5, 0.6) is 0 Å². The van der Waals surface area contributed by atoms with Crippen molar-refractivity contribution in [2.45, 2.75) is 25.7 Å². The second-order valence-electron chi connectivity index (χ2n) is 6.20. The number of anilines is 2. The van der Waals surface area contributed by atoms with Crippen LogP contribution in [0.15, 0.2) is 24.3 Å². The highest BCUT2D eigenvalue weighted by atomic mass is 16.6. The molecule has 1 aliphatic heterocycles. The quantitative estimate of drug-likeness (QED) is 0.879. The van der Waals surface area contributed by atoms with Crippen LogP contribution in [0.25, 0.3) is 0 Å². The van der Waals surface area contributed by atoms with Gasteiger partial charge >= 0.3 is 6.09 Å². The van der Waals surface area contributed by atoms with Gasteiger partial charge in [-0.25, -0.2) is 4.79 Å². The van der Waals surface area contributed by atoms with Crippen LogP contribution in [0.2, 0.25) is 0 Å². The summed E-state index contributed by atoms with van der Waals surface area (Å²) in [6.07, 6.45) is 2.62. The molecule has 2 fully saturated rings. The number of hydrogen-bond acceptors (Lipinski definition) is 4. The van der Waals surface area contributed by atoms with Crippen LogP contribution < -0.4 is 16.0 Å². The van der Waals surface area contributed by atoms with E-state index in [1.807, 2.05) is 0 Å². The van der Waals surface area contributed by atoms with Gasteiger partial charge in [0.15, 0.2) is 0 Å². The molecule has 2 aliphatic rings. The van der Waals surface area contributed by atoms with Crippen LogP contribution in [0.1, 0.15) is 25.7 Å². The van der Waals surface area contributed by atoms with Gasteiger partial charge < -0.3 is 15.8 Å². The lowest BCUT2D eigenvalue weighted by Gasteiger charge is -2.26. The van der Waals surface area contributed by atoms with Crippen molar-refractivity contribution in [3.05, 3.63) is 24.3 Å². The lowest BCUT2D eigenvalue weighted by atomic mass is 9.94. The van der Waals surface area contributed by atoms with E-state index in [4.69, 9.17) is 10.5 Å². The van der Waals surface area contributed by atoms with Crippen LogP contribution in [0, 0.1) is 11.8 Å². The molecule has 2 unspecified atom stereocenters. The van der Waals surface area contributed by atoms with Crippen molar-refractivity contribution in [1.82, 2.24) is 0 Å². The Bertz CT molecular complexity index is 644. The molecule has 0 spiro atoms. The number of cyclic esters (lactones) is 1. The van der Waals surface area contributed by atoms with Gasteiger partial charge in [-0.3, -0.25) is 14.5 Å². The summed E-state index contributed by atoms with van der Waals surface area (Å²) in [5, 5.41) is 2.83. The maximum Gasteiger partial charge on any atom is 0.414 e. The third-order valence-corrected chi connectivity index (χ3v) is 4.64. The van der Waals surface area contributed by atoms with Gasteiger partial charge in [0.05, 0.1) is 6.61 Å². The first-order chi connectivity index (χ1) is 11.6. The molecular weight excluding hydrogens is 310 g/mol. The first-order valence-electron chi connectivity index (χ1n) is 8.21. The predicted octanol–water partition coefficient (Wildman–Crippen LogP) is 1.87. The molecule has 1 aromatic rings. The molecule has 0 bridgehead atoms. The summed E-state index contributed by atoms with van der Waals surface area (Å²) in [7, 11) is 0. The summed E-state index contributed by atoms with van der Waals surface area (Å²) >= 11 is 0. The third kappa shape index (κ3) is 3.34. The van der Waals surface area contributed by atoms with Crippen molar-refractivity contribution in [2.75, 3.05) is 23.4 Å². The van der Waals surface area contributed by atoms with Crippen molar-refractivity contribution < 1.29 is 19.1 Å². The van der Waals surface area contributed by atoms with Gasteiger partial charge in [0, 0.05) is 29.8 Å². The van der Waals surface area contributed by atoms with E-state index in [0.29, 0.717) is 31.7 Å². The lowest BCUT2D eigenvalue weighted by Crippen LogP contribution is -2.37. The van der Waals surface area contributed by atoms with Crippen molar-refractivity contribution in [1.29, 1.82) is 0 Å². The molecule has 0 aromatic heterocycles. The maximum absolute atomic E-state index is 12.4. The molecule has 1 aliphatic carbocycles. The molecule has 3 rings (SSSR count). The van der Waals surface area contributed by atoms with Gasteiger partial charge in [-0.15, -0.1) is 0 Å². The van der Waals surface area contributed by atoms with E-state index in [2.05, 4.69) is 5.32 Å². The molecule has 3 N–H and O–H groups in total. The SMILES string of the molecule is NC(=O)C1CCCC1C(=O)Nc1ccc(N2CCCOC2=O)cc1. The molecule has 7 heteroatoms. The molecule has 7 nitrogen and oxygen atoms in total. The highest BCUT2D eigenvalue weighted by Crippen LogP contribution is 2.32. The fourth-order valence-electron chi connectivity index (χ4n) is 3.36. The number of amides is 3. The van der Waals surface area contributed by atoms with Crippen molar-refractivity contribution in [3.63, 3.8) is 0 Å². The lowest BCUT2D eigenvalue weighted by molar-refractivity contribution is -0.129. The van der Waals surface area contributed by atoms with Crippen molar-refractivity contribution >= 4 is 29.3 Å². The van der Waals surface area contributed by atoms with E-state index >= 15 is 0 Å². The van der Waals surface area contributed by atoms with Crippen LogP contribution in [0.4, 0.5) is 16.2 Å². The second kappa shape index (κ2) is 6.90. The van der Waals surface area contributed by atoms with Crippen LogP contribution in [-0.4, -0.2) is 31.1 Å². The minimum Gasteiger partial charge on any atom is -0.449 e. The Morgan fingerprint density at radius 1 is 1.12 bits per heavy atom. The fourth-order valence-corrected chi connectivity index (χ4v) is 3.36. The van der Waals surface area contributed by atoms with Gasteiger partial charge in [0.1, 0.15) is 0 Å². The summed E-state index contributed by atoms with van der Waals surface area (Å²) in [4.78, 5) is 37.1. The molecule has 0 radical (unpaired) electrons. The van der Waals surface area contributed by atoms with Crippen LogP contribution in [-0.2, 0) is 14.3 Å². The topological polar surface area (TPSA) is 102 Å². The van der Waals surface area contributed by atoms with Crippen LogP contribution in [0.3, 0.4) is 0 Å². The van der Waals surface area contributed by atoms with E-state index in [9.17, 15) is 14.4 Å². The van der Waals surface area contributed by atoms with E-state index in [1.165, 1.54) is 0 Å². The summed E-state index contributed by atoms with van der Waals surface area (Å²) in [5.74, 6) is -1.33. The molecule has 2 atom stereocenters. The molecule has 1 saturated carbocycles. The third-order valence-electron chi connectivity index (χ3n) is 4.64. The monoisotopic (exact) mass is 331 g/mol. The van der Waals surface area contributed by atoms with E-state index in [0.717, 1.165) is 18.5 Å². The summed E-state index contributed by atoms with van der Waals surface area (Å²) in [5.41, 5.74) is 6.73. The maximum atomic E-state index is 12.4. The summed E-state index contributed by atoms with van der Waals surface area (Å²) in [6, 6.07) is 7.01. The second-order valence-corrected chi connectivity index (χ2v) is 6.20. The minimum absolute atomic E-state index is 0.179. The fraction of sp³-hybridized carbons (Fsp3) is 0.471. The van der Waals surface area contributed by atoms with Crippen molar-refractivity contribution in [3.8, 4) is 0 Å². The first kappa shape index (κ1) is 16.3. The molecular formula is C17H21N3O4. The van der Waals surface area contributed by atoms with Gasteiger partial charge in [-0.05, 0) is 43.5 Å². The zero-order valence-corrected chi connectivity index (χ0v) is 13.4. The number of nitrogens with two attached hydrogens (primary N) is 1. The molecule has 1 heterocycles. The van der Waals surface area contributed by atoms with E-state index < -0.39 is 5.91 Å². The van der Waals surface area contributed by atoms with Crippen LogP contribution >= 0.6 is 0 Å². The Labute approximate surface area is 140 Å². The normalized spacial score (nSPS) is 23.7. The highest BCUT2D eigenvalue weighted by Gasteiger charge is 2.36. The van der Waals surface area contributed by atoms with E-state index in [-0.39, 0.29) is 23.8 Å². The van der Waals surface area contributed by atoms with Gasteiger partial charge in [0.2, 0.25) is 11.8 Å². The number of rotatable bonds is 4. The number of carbonyl (C=O) groups excluding carboxylic acids is 3. The Hall–Kier alpha value is -2.57. The number of nitrogens with one attached hydrogen (secondary N) is 1. The summed E-state index contributed by atoms with van der Waals surface area (Å²) < 4.78 is 5.01. The Morgan fingerprint density at radius 2 is 1.83 bits per heavy atom. The number of benzene rings is 1. The summed E-state index contributed by atoms with van der Waals surface area (Å²) in [6.45, 7) is 1.07. The average Bonchev–Trinajstić information content (AvgIpc) is 3.06. The standard InChI is InChI=1S/C17H21N3O4/c18-15(21)13-3-1-4-14(13)16(22)19-11-5-7-12(8-6-11)20-9-2-10-24-17(20)23/h5-8,13-14H,1-4,9-10H2,(H2,18,21)(H,19,22). The first-order valence-corrected chi connectivity index (χ1v) is 8.21. The Kier molecular flexibility index (Phi) is 4.69. The van der Waals surface area contributed by atoms with Crippen molar-refractivity contribution in [2.24, 2.45) is 17.6 Å². The highest BCUT2D eigenvalue weighted by molar-refractivity contribution is 5.96. The minimum atomic E-state index is -0.411. The largest absolute Gasteiger partial charge is 0.449 e. The molecule has 128 valence electrons. The number of carbonyl (C=O) groups is 3. The predicted molar refractivity (Wildman–Crippen MR) is 88.4 cm³/mol. The molecule has 1 aromatic carbocycles. The number of nitrogens with zero attached hydrogens (tertiary/aromatic N) is 1. The zero-order chi connectivity index (χ0) is 17.1.